The number of halogens is 2. The normalized spacial score (nSPS) is 10.5. The first-order valence-electron chi connectivity index (χ1n) is 5.33. The lowest BCUT2D eigenvalue weighted by Crippen LogP contribution is -2.09. The number of hydrogen-bond acceptors (Lipinski definition) is 4. The van der Waals surface area contributed by atoms with E-state index in [0.717, 1.165) is 24.1 Å². The summed E-state index contributed by atoms with van der Waals surface area (Å²) in [6.07, 6.45) is 1.07. The van der Waals surface area contributed by atoms with Gasteiger partial charge in [0.1, 0.15) is 23.6 Å². The third kappa shape index (κ3) is 2.03. The van der Waals surface area contributed by atoms with Gasteiger partial charge in [-0.15, -0.1) is 0 Å². The van der Waals surface area contributed by atoms with E-state index in [-0.39, 0.29) is 22.8 Å². The molecule has 2 N–H and O–H groups in total. The van der Waals surface area contributed by atoms with Gasteiger partial charge in [-0.3, -0.25) is 4.57 Å². The van der Waals surface area contributed by atoms with Crippen molar-refractivity contribution in [1.29, 1.82) is 0 Å². The maximum Gasteiger partial charge on any atom is 0.360 e. The average Bonchev–Trinajstić information content (AvgIpc) is 2.76. The van der Waals surface area contributed by atoms with Crippen molar-refractivity contribution in [2.45, 2.75) is 6.92 Å². The van der Waals surface area contributed by atoms with Gasteiger partial charge in [0.25, 0.3) is 0 Å². The minimum Gasteiger partial charge on any atom is -0.464 e. The third-order valence-electron chi connectivity index (χ3n) is 2.68. The number of aromatic nitrogens is 2. The Balaban J connectivity index is 2.64. The molecule has 0 aliphatic carbocycles. The lowest BCUT2D eigenvalue weighted by Gasteiger charge is -2.09. The summed E-state index contributed by atoms with van der Waals surface area (Å²) in [7, 11) is 1.16. The monoisotopic (exact) mass is 267 g/mol. The second-order valence-electron chi connectivity index (χ2n) is 3.87. The van der Waals surface area contributed by atoms with Crippen molar-refractivity contribution in [3.05, 3.63) is 41.4 Å². The molecule has 100 valence electrons. The molecular formula is C12H11F2N3O2. The van der Waals surface area contributed by atoms with E-state index < -0.39 is 17.6 Å². The van der Waals surface area contributed by atoms with Crippen LogP contribution in [-0.2, 0) is 4.74 Å². The molecule has 0 saturated carbocycles. The zero-order chi connectivity index (χ0) is 14.2. The largest absolute Gasteiger partial charge is 0.464 e. The molecule has 0 atom stereocenters. The Labute approximate surface area is 107 Å². The van der Waals surface area contributed by atoms with Gasteiger partial charge < -0.3 is 10.5 Å². The summed E-state index contributed by atoms with van der Waals surface area (Å²) in [6.45, 7) is 1.49. The van der Waals surface area contributed by atoms with Gasteiger partial charge in [0.05, 0.1) is 7.11 Å². The Morgan fingerprint density at radius 2 is 2.11 bits per heavy atom. The first kappa shape index (κ1) is 13.0. The third-order valence-corrected chi connectivity index (χ3v) is 2.68. The Hall–Kier alpha value is -2.44. The number of esters is 1. The van der Waals surface area contributed by atoms with Crippen LogP contribution in [0.5, 0.6) is 0 Å². The van der Waals surface area contributed by atoms with Gasteiger partial charge in [-0.1, -0.05) is 6.07 Å². The molecule has 1 aromatic carbocycles. The van der Waals surface area contributed by atoms with Gasteiger partial charge >= 0.3 is 5.97 Å². The second kappa shape index (κ2) is 4.68. The number of nitrogens with two attached hydrogens (primary N) is 1. The summed E-state index contributed by atoms with van der Waals surface area (Å²) in [4.78, 5) is 15.1. The zero-order valence-electron chi connectivity index (χ0n) is 10.3. The van der Waals surface area contributed by atoms with Gasteiger partial charge in [0, 0.05) is 0 Å². The number of carbonyl (C=O) groups excluding carboxylic acids is 1. The summed E-state index contributed by atoms with van der Waals surface area (Å²) in [6, 6.07) is 2.42. The lowest BCUT2D eigenvalue weighted by molar-refractivity contribution is 0.0596. The number of nitrogens with zero attached hydrogens (tertiary/aromatic N) is 2. The Bertz CT molecular complexity index is 653. The van der Waals surface area contributed by atoms with Crippen LogP contribution < -0.4 is 5.73 Å². The minimum absolute atomic E-state index is 0.185. The smallest absolute Gasteiger partial charge is 0.360 e. The van der Waals surface area contributed by atoms with E-state index in [1.165, 1.54) is 13.0 Å². The summed E-state index contributed by atoms with van der Waals surface area (Å²) in [5, 5.41) is 0. The molecule has 1 heterocycles. The van der Waals surface area contributed by atoms with Crippen LogP contribution in [-0.4, -0.2) is 22.6 Å². The van der Waals surface area contributed by atoms with E-state index >= 15 is 0 Å². The highest BCUT2D eigenvalue weighted by Crippen LogP contribution is 2.24. The number of ether oxygens (including phenoxy) is 1. The van der Waals surface area contributed by atoms with Crippen molar-refractivity contribution in [3.63, 3.8) is 0 Å². The molecule has 0 unspecified atom stereocenters. The molecule has 2 rings (SSSR count). The molecule has 0 amide bonds. The van der Waals surface area contributed by atoms with Crippen LogP contribution in [0.3, 0.4) is 0 Å². The van der Waals surface area contributed by atoms with Crippen LogP contribution >= 0.6 is 0 Å². The summed E-state index contributed by atoms with van der Waals surface area (Å²) >= 11 is 0. The van der Waals surface area contributed by atoms with Crippen LogP contribution in [0.25, 0.3) is 5.69 Å². The second-order valence-corrected chi connectivity index (χ2v) is 3.87. The Kier molecular flexibility index (Phi) is 3.20. The highest BCUT2D eigenvalue weighted by atomic mass is 19.1. The SMILES string of the molecule is COC(=O)c1ncn(-c2c(F)ccc(C)c2F)c1N. The predicted molar refractivity (Wildman–Crippen MR) is 64.0 cm³/mol. The van der Waals surface area contributed by atoms with E-state index in [1.807, 2.05) is 0 Å². The van der Waals surface area contributed by atoms with Gasteiger partial charge in [-0.05, 0) is 18.6 Å². The first-order chi connectivity index (χ1) is 8.97. The van der Waals surface area contributed by atoms with Gasteiger partial charge in [-0.2, -0.15) is 0 Å². The first-order valence-corrected chi connectivity index (χ1v) is 5.33. The lowest BCUT2D eigenvalue weighted by atomic mass is 10.2. The molecule has 19 heavy (non-hydrogen) atoms. The molecule has 0 saturated heterocycles. The highest BCUT2D eigenvalue weighted by Gasteiger charge is 2.21. The predicted octanol–water partition coefficient (Wildman–Crippen LogP) is 1.83. The molecule has 0 aliphatic heterocycles. The topological polar surface area (TPSA) is 70.1 Å². The molecule has 0 radical (unpaired) electrons. The Morgan fingerprint density at radius 1 is 1.42 bits per heavy atom. The van der Waals surface area contributed by atoms with Crippen LogP contribution in [0.4, 0.5) is 14.6 Å². The number of nitrogen functional groups attached to an aromatic ring is 1. The molecule has 5 nitrogen and oxygen atoms in total. The minimum atomic E-state index is -0.802. The fourth-order valence-corrected chi connectivity index (χ4v) is 1.65. The van der Waals surface area contributed by atoms with Crippen molar-refractivity contribution in [2.75, 3.05) is 12.8 Å². The molecule has 0 spiro atoms. The van der Waals surface area contributed by atoms with Crippen LogP contribution in [0.15, 0.2) is 18.5 Å². The van der Waals surface area contributed by atoms with Crippen molar-refractivity contribution < 1.29 is 18.3 Å². The highest BCUT2D eigenvalue weighted by molar-refractivity contribution is 5.92. The summed E-state index contributed by atoms with van der Waals surface area (Å²) < 4.78 is 33.1. The fourth-order valence-electron chi connectivity index (χ4n) is 1.65. The number of aryl methyl sites for hydroxylation is 1. The van der Waals surface area contributed by atoms with Gasteiger partial charge in [0.2, 0.25) is 0 Å². The number of anilines is 1. The maximum absolute atomic E-state index is 14.0. The van der Waals surface area contributed by atoms with E-state index in [0.29, 0.717) is 0 Å². The number of rotatable bonds is 2. The molecule has 1 aromatic heterocycles. The van der Waals surface area contributed by atoms with Crippen LogP contribution in [0.1, 0.15) is 16.1 Å². The quantitative estimate of drug-likeness (QED) is 0.843. The summed E-state index contributed by atoms with van der Waals surface area (Å²) in [5.74, 6) is -2.52. The number of methoxy groups -OCH3 is 1. The van der Waals surface area contributed by atoms with E-state index in [1.54, 1.807) is 0 Å². The van der Waals surface area contributed by atoms with E-state index in [9.17, 15) is 13.6 Å². The molecular weight excluding hydrogens is 256 g/mol. The van der Waals surface area contributed by atoms with Crippen LogP contribution in [0, 0.1) is 18.6 Å². The van der Waals surface area contributed by atoms with Crippen LogP contribution in [0.2, 0.25) is 0 Å². The molecule has 2 aromatic rings. The van der Waals surface area contributed by atoms with Crippen molar-refractivity contribution >= 4 is 11.8 Å². The number of imidazole rings is 1. The molecule has 0 aliphatic rings. The van der Waals surface area contributed by atoms with E-state index in [4.69, 9.17) is 5.73 Å². The molecule has 7 heteroatoms. The van der Waals surface area contributed by atoms with Crippen molar-refractivity contribution in [2.24, 2.45) is 0 Å². The number of carbonyl (C=O) groups is 1. The number of hydrogen-bond donors (Lipinski definition) is 1. The van der Waals surface area contributed by atoms with Gasteiger partial charge in [0.15, 0.2) is 11.5 Å². The Morgan fingerprint density at radius 3 is 2.74 bits per heavy atom. The number of benzene rings is 1. The molecule has 0 fully saturated rings. The van der Waals surface area contributed by atoms with Crippen molar-refractivity contribution in [3.8, 4) is 5.69 Å². The van der Waals surface area contributed by atoms with Gasteiger partial charge in [-0.25, -0.2) is 18.6 Å². The zero-order valence-corrected chi connectivity index (χ0v) is 10.3. The molecule has 0 bridgehead atoms. The van der Waals surface area contributed by atoms with E-state index in [2.05, 4.69) is 9.72 Å². The summed E-state index contributed by atoms with van der Waals surface area (Å²) in [5.41, 5.74) is 5.35. The van der Waals surface area contributed by atoms with Crippen molar-refractivity contribution in [1.82, 2.24) is 9.55 Å². The standard InChI is InChI=1S/C12H11F2N3O2/c1-6-3-4-7(13)10(8(6)14)17-5-16-9(11(17)15)12(18)19-2/h3-5H,15H2,1-2H3. The fraction of sp³-hybridized carbons (Fsp3) is 0.167. The maximum atomic E-state index is 14.0. The average molecular weight is 267 g/mol.